The Morgan fingerprint density at radius 2 is 2.38 bits per heavy atom. The number of hydrogen-bond acceptors (Lipinski definition) is 2. The summed E-state index contributed by atoms with van der Waals surface area (Å²) in [5, 5.41) is 11.6. The Bertz CT molecular complexity index is 137. The van der Waals surface area contributed by atoms with Crippen molar-refractivity contribution in [2.75, 3.05) is 0 Å². The molecule has 8 heavy (non-hydrogen) atoms. The van der Waals surface area contributed by atoms with Crippen molar-refractivity contribution in [2.24, 2.45) is 5.92 Å². The lowest BCUT2D eigenvalue weighted by Crippen LogP contribution is -2.23. The van der Waals surface area contributed by atoms with Crippen LogP contribution >= 0.6 is 0 Å². The highest BCUT2D eigenvalue weighted by molar-refractivity contribution is 5.09. The highest BCUT2D eigenvalue weighted by Crippen LogP contribution is 2.40. The fourth-order valence-electron chi connectivity index (χ4n) is 1.43. The van der Waals surface area contributed by atoms with Crippen LogP contribution < -0.4 is 5.32 Å². The molecule has 1 aliphatic heterocycles. The van der Waals surface area contributed by atoms with Crippen molar-refractivity contribution in [3.8, 4) is 6.07 Å². The van der Waals surface area contributed by atoms with Gasteiger partial charge in [-0.05, 0) is 18.8 Å². The molecule has 0 spiro atoms. The maximum atomic E-state index is 8.39. The van der Waals surface area contributed by atoms with Crippen molar-refractivity contribution in [3.05, 3.63) is 0 Å². The van der Waals surface area contributed by atoms with Crippen LogP contribution in [0, 0.1) is 17.2 Å². The Hall–Kier alpha value is -0.550. The Balaban J connectivity index is 2.01. The Labute approximate surface area is 48.5 Å². The van der Waals surface area contributed by atoms with Gasteiger partial charge < -0.3 is 0 Å². The molecule has 0 aromatic heterocycles. The molecule has 0 radical (unpaired) electrons. The molecule has 2 rings (SSSR count). The van der Waals surface area contributed by atoms with Gasteiger partial charge in [0.05, 0.1) is 12.1 Å². The molecule has 0 amide bonds. The van der Waals surface area contributed by atoms with E-state index in [1.807, 2.05) is 0 Å². The van der Waals surface area contributed by atoms with E-state index in [0.29, 0.717) is 0 Å². The van der Waals surface area contributed by atoms with Crippen molar-refractivity contribution in [1.29, 1.82) is 5.26 Å². The van der Waals surface area contributed by atoms with Gasteiger partial charge in [-0.3, -0.25) is 5.32 Å². The molecule has 0 aromatic rings. The molecule has 0 bridgehead atoms. The standard InChI is InChI=1S/C6H8N2/c7-3-5-1-4-2-6(4)8-5/h4-6,8H,1-2H2/t4-,5+,6+/m1/s1. The van der Waals surface area contributed by atoms with Gasteiger partial charge >= 0.3 is 0 Å². The van der Waals surface area contributed by atoms with Crippen molar-refractivity contribution in [1.82, 2.24) is 5.32 Å². The Morgan fingerprint density at radius 1 is 1.50 bits per heavy atom. The van der Waals surface area contributed by atoms with Crippen molar-refractivity contribution < 1.29 is 0 Å². The summed E-state index contributed by atoms with van der Waals surface area (Å²) in [4.78, 5) is 0. The zero-order valence-electron chi connectivity index (χ0n) is 4.59. The molecule has 1 aliphatic carbocycles. The lowest BCUT2D eigenvalue weighted by atomic mass is 10.2. The second-order valence-corrected chi connectivity index (χ2v) is 2.69. The molecule has 3 atom stereocenters. The third-order valence-corrected chi connectivity index (χ3v) is 2.03. The zero-order chi connectivity index (χ0) is 5.56. The normalized spacial score (nSPS) is 50.1. The van der Waals surface area contributed by atoms with Gasteiger partial charge in [0.2, 0.25) is 0 Å². The van der Waals surface area contributed by atoms with Crippen LogP contribution in [-0.2, 0) is 0 Å². The van der Waals surface area contributed by atoms with Crippen LogP contribution in [0.15, 0.2) is 0 Å². The summed E-state index contributed by atoms with van der Waals surface area (Å²) < 4.78 is 0. The van der Waals surface area contributed by atoms with Crippen LogP contribution in [0.25, 0.3) is 0 Å². The molecule has 0 unspecified atom stereocenters. The van der Waals surface area contributed by atoms with E-state index in [2.05, 4.69) is 11.4 Å². The van der Waals surface area contributed by atoms with E-state index in [9.17, 15) is 0 Å². The average molecular weight is 108 g/mol. The van der Waals surface area contributed by atoms with E-state index >= 15 is 0 Å². The van der Waals surface area contributed by atoms with Crippen LogP contribution in [0.2, 0.25) is 0 Å². The lowest BCUT2D eigenvalue weighted by Gasteiger charge is -1.98. The smallest absolute Gasteiger partial charge is 0.0958 e. The van der Waals surface area contributed by atoms with E-state index in [1.54, 1.807) is 0 Å². The van der Waals surface area contributed by atoms with Gasteiger partial charge in [0.1, 0.15) is 0 Å². The minimum atomic E-state index is 0.179. The number of rotatable bonds is 0. The van der Waals surface area contributed by atoms with Gasteiger partial charge in [0, 0.05) is 6.04 Å². The predicted molar refractivity (Wildman–Crippen MR) is 29.0 cm³/mol. The first-order valence-electron chi connectivity index (χ1n) is 3.06. The number of fused-ring (bicyclic) bond motifs is 1. The number of piperidine rings is 1. The van der Waals surface area contributed by atoms with Crippen LogP contribution in [0.5, 0.6) is 0 Å². The first-order chi connectivity index (χ1) is 3.90. The topological polar surface area (TPSA) is 35.8 Å². The first-order valence-corrected chi connectivity index (χ1v) is 3.06. The summed E-state index contributed by atoms with van der Waals surface area (Å²) in [7, 11) is 0. The molecular formula is C6H8N2. The number of hydrogen-bond donors (Lipinski definition) is 1. The van der Waals surface area contributed by atoms with E-state index in [-0.39, 0.29) is 6.04 Å². The molecule has 1 saturated heterocycles. The van der Waals surface area contributed by atoms with Gasteiger partial charge in [-0.25, -0.2) is 0 Å². The average Bonchev–Trinajstić information content (AvgIpc) is 2.40. The molecular weight excluding hydrogens is 100 g/mol. The molecule has 2 aliphatic rings. The van der Waals surface area contributed by atoms with Crippen LogP contribution in [0.4, 0.5) is 0 Å². The number of nitriles is 1. The summed E-state index contributed by atoms with van der Waals surface area (Å²) in [5.74, 6) is 0.861. The largest absolute Gasteiger partial charge is 0.299 e. The molecule has 2 nitrogen and oxygen atoms in total. The van der Waals surface area contributed by atoms with Gasteiger partial charge in [-0.1, -0.05) is 0 Å². The van der Waals surface area contributed by atoms with Crippen molar-refractivity contribution in [2.45, 2.75) is 24.9 Å². The molecule has 2 fully saturated rings. The summed E-state index contributed by atoms with van der Waals surface area (Å²) in [6.07, 6.45) is 2.42. The first kappa shape index (κ1) is 4.34. The Morgan fingerprint density at radius 3 is 2.75 bits per heavy atom. The lowest BCUT2D eigenvalue weighted by molar-refractivity contribution is 0.643. The second-order valence-electron chi connectivity index (χ2n) is 2.69. The van der Waals surface area contributed by atoms with E-state index in [1.165, 1.54) is 6.42 Å². The van der Waals surface area contributed by atoms with Crippen molar-refractivity contribution >= 4 is 0 Å². The maximum absolute atomic E-state index is 8.39. The quantitative estimate of drug-likeness (QED) is 0.483. The Kier molecular flexibility index (Phi) is 0.671. The highest BCUT2D eigenvalue weighted by Gasteiger charge is 2.45. The summed E-state index contributed by atoms with van der Waals surface area (Å²) >= 11 is 0. The summed E-state index contributed by atoms with van der Waals surface area (Å²) in [6, 6.07) is 3.11. The van der Waals surface area contributed by atoms with E-state index in [4.69, 9.17) is 5.26 Å². The predicted octanol–water partition coefficient (Wildman–Crippen LogP) is 0.260. The van der Waals surface area contributed by atoms with Gasteiger partial charge in [-0.15, -0.1) is 0 Å². The number of nitrogens with zero attached hydrogens (tertiary/aromatic N) is 1. The van der Waals surface area contributed by atoms with Gasteiger partial charge in [-0.2, -0.15) is 5.26 Å². The molecule has 1 saturated carbocycles. The molecule has 1 heterocycles. The summed E-state index contributed by atoms with van der Waals surface area (Å²) in [6.45, 7) is 0. The fraction of sp³-hybridized carbons (Fsp3) is 0.833. The third-order valence-electron chi connectivity index (χ3n) is 2.03. The van der Waals surface area contributed by atoms with Crippen LogP contribution in [-0.4, -0.2) is 12.1 Å². The third kappa shape index (κ3) is 0.452. The minimum absolute atomic E-state index is 0.179. The highest BCUT2D eigenvalue weighted by atomic mass is 15.0. The maximum Gasteiger partial charge on any atom is 0.0958 e. The fourth-order valence-corrected chi connectivity index (χ4v) is 1.43. The summed E-state index contributed by atoms with van der Waals surface area (Å²) in [5.41, 5.74) is 0. The van der Waals surface area contributed by atoms with E-state index < -0.39 is 0 Å². The second kappa shape index (κ2) is 1.24. The monoisotopic (exact) mass is 108 g/mol. The van der Waals surface area contributed by atoms with Crippen LogP contribution in [0.3, 0.4) is 0 Å². The van der Waals surface area contributed by atoms with E-state index in [0.717, 1.165) is 18.4 Å². The molecule has 2 heteroatoms. The van der Waals surface area contributed by atoms with Crippen LogP contribution in [0.1, 0.15) is 12.8 Å². The zero-order valence-corrected chi connectivity index (χ0v) is 4.59. The minimum Gasteiger partial charge on any atom is -0.299 e. The molecule has 0 aromatic carbocycles. The number of nitrogens with one attached hydrogen (secondary N) is 1. The SMILES string of the molecule is N#C[C@@H]1C[C@@H]2C[C@@H]2N1. The molecule has 42 valence electrons. The van der Waals surface area contributed by atoms with Gasteiger partial charge in [0.25, 0.3) is 0 Å². The van der Waals surface area contributed by atoms with Crippen molar-refractivity contribution in [3.63, 3.8) is 0 Å². The molecule has 1 N–H and O–H groups in total. The van der Waals surface area contributed by atoms with Gasteiger partial charge in [0.15, 0.2) is 0 Å².